The monoisotopic (exact) mass is 305 g/mol. The van der Waals surface area contributed by atoms with Crippen molar-refractivity contribution in [3.05, 3.63) is 10.8 Å². The molecule has 2 aromatic rings. The van der Waals surface area contributed by atoms with E-state index in [1.54, 1.807) is 11.3 Å². The fourth-order valence-electron chi connectivity index (χ4n) is 4.02. The Morgan fingerprint density at radius 3 is 2.57 bits per heavy atom. The van der Waals surface area contributed by atoms with E-state index in [0.29, 0.717) is 12.5 Å². The Balaban J connectivity index is 1.73. The number of fused-ring (bicyclic) bond motifs is 1. The van der Waals surface area contributed by atoms with E-state index in [-0.39, 0.29) is 5.41 Å². The molecule has 0 unspecified atom stereocenters. The van der Waals surface area contributed by atoms with E-state index in [1.807, 2.05) is 4.52 Å². The Bertz CT molecular complexity index is 619. The summed E-state index contributed by atoms with van der Waals surface area (Å²) in [5.41, 5.74) is 6.24. The zero-order chi connectivity index (χ0) is 14.3. The third kappa shape index (κ3) is 2.19. The average molecular weight is 305 g/mol. The molecular weight excluding hydrogens is 282 g/mol. The number of nitrogens with two attached hydrogens (primary N) is 1. The lowest BCUT2D eigenvalue weighted by Gasteiger charge is -2.33. The maximum atomic E-state index is 6.14. The molecule has 0 atom stereocenters. The highest BCUT2D eigenvalue weighted by Crippen LogP contribution is 2.41. The van der Waals surface area contributed by atoms with E-state index in [2.05, 4.69) is 10.2 Å². The average Bonchev–Trinajstić information content (AvgIpc) is 3.23. The SMILES string of the molecule is NCC1(c2nn3c(C4CCCC4)nnc3s2)CCCCC1. The predicted octanol–water partition coefficient (Wildman–Crippen LogP) is 3.00. The highest BCUT2D eigenvalue weighted by molar-refractivity contribution is 7.16. The smallest absolute Gasteiger partial charge is 0.234 e. The molecule has 4 rings (SSSR count). The Kier molecular flexibility index (Phi) is 3.46. The van der Waals surface area contributed by atoms with Crippen molar-refractivity contribution in [1.29, 1.82) is 0 Å². The molecule has 0 aromatic carbocycles. The highest BCUT2D eigenvalue weighted by Gasteiger charge is 2.37. The maximum Gasteiger partial charge on any atom is 0.234 e. The van der Waals surface area contributed by atoms with Gasteiger partial charge in [0, 0.05) is 17.9 Å². The second-order valence-electron chi connectivity index (χ2n) is 6.69. The van der Waals surface area contributed by atoms with Crippen LogP contribution in [0.2, 0.25) is 0 Å². The molecule has 2 N–H and O–H groups in total. The van der Waals surface area contributed by atoms with E-state index < -0.39 is 0 Å². The lowest BCUT2D eigenvalue weighted by atomic mass is 9.74. The maximum absolute atomic E-state index is 6.14. The lowest BCUT2D eigenvalue weighted by molar-refractivity contribution is 0.297. The van der Waals surface area contributed by atoms with Crippen LogP contribution in [0.4, 0.5) is 0 Å². The van der Waals surface area contributed by atoms with Gasteiger partial charge in [-0.15, -0.1) is 10.2 Å². The van der Waals surface area contributed by atoms with E-state index in [4.69, 9.17) is 10.8 Å². The molecule has 2 aromatic heterocycles. The van der Waals surface area contributed by atoms with Crippen molar-refractivity contribution in [2.45, 2.75) is 69.1 Å². The van der Waals surface area contributed by atoms with Crippen molar-refractivity contribution in [3.8, 4) is 0 Å². The van der Waals surface area contributed by atoms with E-state index in [1.165, 1.54) is 62.8 Å². The van der Waals surface area contributed by atoms with Gasteiger partial charge in [0.05, 0.1) is 0 Å². The first-order valence-electron chi connectivity index (χ1n) is 8.25. The molecule has 2 heterocycles. The Morgan fingerprint density at radius 1 is 1.10 bits per heavy atom. The summed E-state index contributed by atoms with van der Waals surface area (Å²) in [5.74, 6) is 1.63. The van der Waals surface area contributed by atoms with Crippen LogP contribution >= 0.6 is 11.3 Å². The first-order valence-corrected chi connectivity index (χ1v) is 9.07. The molecule has 2 saturated carbocycles. The van der Waals surface area contributed by atoms with Crippen molar-refractivity contribution in [3.63, 3.8) is 0 Å². The van der Waals surface area contributed by atoms with Crippen LogP contribution in [0.15, 0.2) is 0 Å². The van der Waals surface area contributed by atoms with E-state index in [9.17, 15) is 0 Å². The van der Waals surface area contributed by atoms with Gasteiger partial charge in [-0.25, -0.2) is 0 Å². The summed E-state index contributed by atoms with van der Waals surface area (Å²) in [5, 5.41) is 14.9. The number of hydrogen-bond donors (Lipinski definition) is 1. The van der Waals surface area contributed by atoms with Gasteiger partial charge in [-0.05, 0) is 25.7 Å². The van der Waals surface area contributed by atoms with E-state index >= 15 is 0 Å². The first kappa shape index (κ1) is 13.6. The highest BCUT2D eigenvalue weighted by atomic mass is 32.1. The van der Waals surface area contributed by atoms with Crippen LogP contribution in [0.1, 0.15) is 74.5 Å². The number of hydrogen-bond acceptors (Lipinski definition) is 5. The molecule has 21 heavy (non-hydrogen) atoms. The fraction of sp³-hybridized carbons (Fsp3) is 0.800. The molecule has 5 nitrogen and oxygen atoms in total. The number of nitrogens with zero attached hydrogens (tertiary/aromatic N) is 4. The largest absolute Gasteiger partial charge is 0.329 e. The van der Waals surface area contributed by atoms with Gasteiger partial charge < -0.3 is 5.73 Å². The van der Waals surface area contributed by atoms with Crippen LogP contribution in [-0.2, 0) is 5.41 Å². The quantitative estimate of drug-likeness (QED) is 0.946. The summed E-state index contributed by atoms with van der Waals surface area (Å²) < 4.78 is 2.02. The lowest BCUT2D eigenvalue weighted by Crippen LogP contribution is -2.37. The Hall–Kier alpha value is -1.01. The first-order chi connectivity index (χ1) is 10.3. The van der Waals surface area contributed by atoms with Crippen molar-refractivity contribution < 1.29 is 0 Å². The minimum Gasteiger partial charge on any atom is -0.329 e. The van der Waals surface area contributed by atoms with Crippen LogP contribution in [0.3, 0.4) is 0 Å². The second-order valence-corrected chi connectivity index (χ2v) is 7.64. The molecule has 2 aliphatic carbocycles. The van der Waals surface area contributed by atoms with Crippen molar-refractivity contribution in [2.24, 2.45) is 5.73 Å². The summed E-state index contributed by atoms with van der Waals surface area (Å²) in [6.45, 7) is 0.704. The minimum absolute atomic E-state index is 0.0938. The molecule has 2 fully saturated rings. The molecule has 2 aliphatic rings. The Morgan fingerprint density at radius 2 is 1.86 bits per heavy atom. The van der Waals surface area contributed by atoms with Gasteiger partial charge in [-0.3, -0.25) is 0 Å². The standard InChI is InChI=1S/C15H23N5S/c16-10-15(8-4-1-5-9-15)13-19-20-12(11-6-2-3-7-11)17-18-14(20)21-13/h11H,1-10,16H2. The van der Waals surface area contributed by atoms with Gasteiger partial charge in [0.1, 0.15) is 5.01 Å². The molecule has 0 amide bonds. The molecular formula is C15H23N5S. The third-order valence-corrected chi connectivity index (χ3v) is 6.54. The van der Waals surface area contributed by atoms with Gasteiger partial charge in [-0.2, -0.15) is 9.61 Å². The predicted molar refractivity (Wildman–Crippen MR) is 83.7 cm³/mol. The fourth-order valence-corrected chi connectivity index (χ4v) is 5.12. The van der Waals surface area contributed by atoms with Gasteiger partial charge >= 0.3 is 0 Å². The van der Waals surface area contributed by atoms with Crippen LogP contribution in [-0.4, -0.2) is 26.4 Å². The molecule has 0 bridgehead atoms. The molecule has 0 saturated heterocycles. The van der Waals surface area contributed by atoms with Gasteiger partial charge in [0.25, 0.3) is 0 Å². The molecule has 0 aliphatic heterocycles. The van der Waals surface area contributed by atoms with Crippen LogP contribution in [0, 0.1) is 0 Å². The van der Waals surface area contributed by atoms with Crippen LogP contribution in [0.5, 0.6) is 0 Å². The molecule has 6 heteroatoms. The minimum atomic E-state index is 0.0938. The number of rotatable bonds is 3. The normalized spacial score (nSPS) is 23.1. The van der Waals surface area contributed by atoms with Gasteiger partial charge in [0.15, 0.2) is 5.82 Å². The summed E-state index contributed by atoms with van der Waals surface area (Å²) >= 11 is 1.71. The van der Waals surface area contributed by atoms with Gasteiger partial charge in [0.2, 0.25) is 4.96 Å². The van der Waals surface area contributed by atoms with Crippen molar-refractivity contribution in [1.82, 2.24) is 19.8 Å². The van der Waals surface area contributed by atoms with Crippen molar-refractivity contribution >= 4 is 16.3 Å². The topological polar surface area (TPSA) is 69.1 Å². The molecule has 0 spiro atoms. The second kappa shape index (κ2) is 5.32. The summed E-state index contributed by atoms with van der Waals surface area (Å²) in [4.78, 5) is 0.949. The summed E-state index contributed by atoms with van der Waals surface area (Å²) in [6, 6.07) is 0. The third-order valence-electron chi connectivity index (χ3n) is 5.39. The van der Waals surface area contributed by atoms with Crippen molar-refractivity contribution in [2.75, 3.05) is 6.54 Å². The zero-order valence-electron chi connectivity index (χ0n) is 12.4. The number of aromatic nitrogens is 4. The van der Waals surface area contributed by atoms with E-state index in [0.717, 1.165) is 10.8 Å². The zero-order valence-corrected chi connectivity index (χ0v) is 13.2. The van der Waals surface area contributed by atoms with Crippen LogP contribution < -0.4 is 5.73 Å². The molecule has 0 radical (unpaired) electrons. The summed E-state index contributed by atoms with van der Waals surface area (Å²) in [6.07, 6.45) is 11.3. The van der Waals surface area contributed by atoms with Gasteiger partial charge in [-0.1, -0.05) is 43.4 Å². The van der Waals surface area contributed by atoms with Crippen LogP contribution in [0.25, 0.3) is 4.96 Å². The molecule has 114 valence electrons. The summed E-state index contributed by atoms with van der Waals surface area (Å²) in [7, 11) is 0. The Labute approximate surface area is 128 Å².